The van der Waals surface area contributed by atoms with Crippen LogP contribution in [-0.4, -0.2) is 17.4 Å². The van der Waals surface area contributed by atoms with Gasteiger partial charge in [0, 0.05) is 27.7 Å². The van der Waals surface area contributed by atoms with Crippen molar-refractivity contribution in [3.05, 3.63) is 105 Å². The van der Waals surface area contributed by atoms with Crippen LogP contribution in [0.25, 0.3) is 0 Å². The van der Waals surface area contributed by atoms with Crippen LogP contribution in [0.15, 0.2) is 66.7 Å². The molecule has 136 valence electrons. The van der Waals surface area contributed by atoms with Crippen molar-refractivity contribution in [3.63, 3.8) is 0 Å². The minimum absolute atomic E-state index is 0.220. The summed E-state index contributed by atoms with van der Waals surface area (Å²) in [5.41, 5.74) is 2.94. The molecule has 0 N–H and O–H groups in total. The second kappa shape index (κ2) is 7.34. The molecular weight excluding hydrogens is 384 g/mol. The van der Waals surface area contributed by atoms with Gasteiger partial charge in [-0.1, -0.05) is 65.7 Å². The van der Waals surface area contributed by atoms with Crippen molar-refractivity contribution < 1.29 is 9.18 Å². The Morgan fingerprint density at radius 2 is 1.56 bits per heavy atom. The summed E-state index contributed by atoms with van der Waals surface area (Å²) in [6.45, 7) is 0.485. The Morgan fingerprint density at radius 3 is 2.26 bits per heavy atom. The largest absolute Gasteiger partial charge is 0.327 e. The molecule has 3 aromatic carbocycles. The van der Waals surface area contributed by atoms with E-state index in [2.05, 4.69) is 0 Å². The second-order valence-electron chi connectivity index (χ2n) is 6.53. The van der Waals surface area contributed by atoms with Crippen LogP contribution in [0, 0.1) is 5.82 Å². The number of amides is 1. The molecule has 3 aromatic rings. The van der Waals surface area contributed by atoms with Crippen LogP contribution in [0.2, 0.25) is 10.0 Å². The standard InChI is InChI=1S/C22H16Cl2FNO/c23-16-11-15(12-17(24)13-16)22(27)26-10-9-14-5-1-2-6-18(14)21(26)19-7-3-4-8-20(19)25/h1-8,11-13,21H,9-10H2. The summed E-state index contributed by atoms with van der Waals surface area (Å²) in [5.74, 6) is -0.553. The summed E-state index contributed by atoms with van der Waals surface area (Å²) in [5, 5.41) is 0.788. The van der Waals surface area contributed by atoms with Crippen molar-refractivity contribution in [1.82, 2.24) is 4.90 Å². The highest BCUT2D eigenvalue weighted by Crippen LogP contribution is 2.37. The van der Waals surface area contributed by atoms with Gasteiger partial charge in [-0.2, -0.15) is 0 Å². The number of carbonyl (C=O) groups excluding carboxylic acids is 1. The highest BCUT2D eigenvalue weighted by Gasteiger charge is 2.34. The summed E-state index contributed by atoms with van der Waals surface area (Å²) in [6, 6.07) is 18.7. The van der Waals surface area contributed by atoms with Crippen molar-refractivity contribution in [2.24, 2.45) is 0 Å². The van der Waals surface area contributed by atoms with Crippen LogP contribution < -0.4 is 0 Å². The molecule has 0 saturated carbocycles. The number of fused-ring (bicyclic) bond motifs is 1. The molecule has 1 aliphatic rings. The average Bonchev–Trinajstić information content (AvgIpc) is 2.66. The fourth-order valence-electron chi connectivity index (χ4n) is 3.66. The first-order valence-electron chi connectivity index (χ1n) is 8.64. The second-order valence-corrected chi connectivity index (χ2v) is 7.40. The number of halogens is 3. The monoisotopic (exact) mass is 399 g/mol. The van der Waals surface area contributed by atoms with Gasteiger partial charge in [0.1, 0.15) is 5.82 Å². The summed E-state index contributed by atoms with van der Waals surface area (Å²) in [6.07, 6.45) is 0.709. The summed E-state index contributed by atoms with van der Waals surface area (Å²) in [4.78, 5) is 15.0. The Kier molecular flexibility index (Phi) is 4.90. The van der Waals surface area contributed by atoms with Crippen LogP contribution in [-0.2, 0) is 6.42 Å². The molecule has 0 aliphatic carbocycles. The van der Waals surface area contributed by atoms with Gasteiger partial charge in [0.05, 0.1) is 6.04 Å². The summed E-state index contributed by atoms with van der Waals surface area (Å²) in [7, 11) is 0. The van der Waals surface area contributed by atoms with E-state index in [0.717, 1.165) is 11.1 Å². The van der Waals surface area contributed by atoms with Crippen molar-refractivity contribution in [2.45, 2.75) is 12.5 Å². The molecule has 0 radical (unpaired) electrons. The predicted molar refractivity (Wildman–Crippen MR) is 106 cm³/mol. The van der Waals surface area contributed by atoms with E-state index in [-0.39, 0.29) is 11.7 Å². The van der Waals surface area contributed by atoms with E-state index in [9.17, 15) is 9.18 Å². The lowest BCUT2D eigenvalue weighted by Gasteiger charge is -2.38. The van der Waals surface area contributed by atoms with Gasteiger partial charge in [-0.15, -0.1) is 0 Å². The lowest BCUT2D eigenvalue weighted by Crippen LogP contribution is -2.41. The van der Waals surface area contributed by atoms with Gasteiger partial charge in [-0.3, -0.25) is 4.79 Å². The van der Waals surface area contributed by atoms with E-state index >= 15 is 0 Å². The molecule has 0 aromatic heterocycles. The number of hydrogen-bond donors (Lipinski definition) is 0. The molecular formula is C22H16Cl2FNO. The zero-order valence-electron chi connectivity index (χ0n) is 14.3. The molecule has 1 heterocycles. The van der Waals surface area contributed by atoms with E-state index in [0.29, 0.717) is 34.1 Å². The van der Waals surface area contributed by atoms with Gasteiger partial charge >= 0.3 is 0 Å². The van der Waals surface area contributed by atoms with Crippen LogP contribution >= 0.6 is 23.2 Å². The molecule has 0 bridgehead atoms. The smallest absolute Gasteiger partial charge is 0.254 e. The van der Waals surface area contributed by atoms with Gasteiger partial charge in [-0.05, 0) is 41.8 Å². The molecule has 1 unspecified atom stereocenters. The quantitative estimate of drug-likeness (QED) is 0.523. The topological polar surface area (TPSA) is 20.3 Å². The highest BCUT2D eigenvalue weighted by molar-refractivity contribution is 6.35. The van der Waals surface area contributed by atoms with Crippen molar-refractivity contribution in [3.8, 4) is 0 Å². The normalized spacial score (nSPS) is 16.1. The highest BCUT2D eigenvalue weighted by atomic mass is 35.5. The third kappa shape index (κ3) is 3.45. The zero-order chi connectivity index (χ0) is 19.0. The van der Waals surface area contributed by atoms with Gasteiger partial charge in [-0.25, -0.2) is 4.39 Å². The number of carbonyl (C=O) groups is 1. The fraction of sp³-hybridized carbons (Fsp3) is 0.136. The Bertz CT molecular complexity index is 1000. The Balaban J connectivity index is 1.84. The number of rotatable bonds is 2. The van der Waals surface area contributed by atoms with Gasteiger partial charge < -0.3 is 4.90 Å². The van der Waals surface area contributed by atoms with Crippen molar-refractivity contribution >= 4 is 29.1 Å². The zero-order valence-corrected chi connectivity index (χ0v) is 15.8. The molecule has 1 atom stereocenters. The Hall–Kier alpha value is -2.36. The van der Waals surface area contributed by atoms with E-state index in [1.165, 1.54) is 6.07 Å². The van der Waals surface area contributed by atoms with E-state index < -0.39 is 6.04 Å². The van der Waals surface area contributed by atoms with Gasteiger partial charge in [0.15, 0.2) is 0 Å². The van der Waals surface area contributed by atoms with E-state index in [1.807, 2.05) is 24.3 Å². The van der Waals surface area contributed by atoms with Crippen LogP contribution in [0.3, 0.4) is 0 Å². The molecule has 1 aliphatic heterocycles. The van der Waals surface area contributed by atoms with E-state index in [1.54, 1.807) is 41.3 Å². The number of nitrogens with zero attached hydrogens (tertiary/aromatic N) is 1. The van der Waals surface area contributed by atoms with Crippen LogP contribution in [0.4, 0.5) is 4.39 Å². The Labute approximate surface area is 167 Å². The summed E-state index contributed by atoms with van der Waals surface area (Å²) >= 11 is 12.2. The molecule has 2 nitrogen and oxygen atoms in total. The summed E-state index contributed by atoms with van der Waals surface area (Å²) < 4.78 is 14.7. The molecule has 0 fully saturated rings. The average molecular weight is 400 g/mol. The molecule has 0 saturated heterocycles. The lowest BCUT2D eigenvalue weighted by molar-refractivity contribution is 0.0692. The van der Waals surface area contributed by atoms with Crippen LogP contribution in [0.5, 0.6) is 0 Å². The number of benzene rings is 3. The first kappa shape index (κ1) is 18.0. The minimum atomic E-state index is -0.499. The fourth-order valence-corrected chi connectivity index (χ4v) is 4.19. The maximum Gasteiger partial charge on any atom is 0.254 e. The molecule has 5 heteroatoms. The maximum absolute atomic E-state index is 14.7. The van der Waals surface area contributed by atoms with Gasteiger partial charge in [0.25, 0.3) is 5.91 Å². The minimum Gasteiger partial charge on any atom is -0.327 e. The van der Waals surface area contributed by atoms with Gasteiger partial charge in [0.2, 0.25) is 0 Å². The predicted octanol–water partition coefficient (Wildman–Crippen LogP) is 5.92. The van der Waals surface area contributed by atoms with E-state index in [4.69, 9.17) is 23.2 Å². The molecule has 0 spiro atoms. The molecule has 1 amide bonds. The molecule has 27 heavy (non-hydrogen) atoms. The first-order chi connectivity index (χ1) is 13.0. The third-order valence-corrected chi connectivity index (χ3v) is 5.29. The van der Waals surface area contributed by atoms with Crippen molar-refractivity contribution in [2.75, 3.05) is 6.54 Å². The first-order valence-corrected chi connectivity index (χ1v) is 9.39. The Morgan fingerprint density at radius 1 is 0.926 bits per heavy atom. The third-order valence-electron chi connectivity index (χ3n) is 4.85. The SMILES string of the molecule is O=C(c1cc(Cl)cc(Cl)c1)N1CCc2ccccc2C1c1ccccc1F. The number of hydrogen-bond acceptors (Lipinski definition) is 1. The lowest BCUT2D eigenvalue weighted by atomic mass is 9.87. The maximum atomic E-state index is 14.7. The molecule has 4 rings (SSSR count). The van der Waals surface area contributed by atoms with Crippen molar-refractivity contribution in [1.29, 1.82) is 0 Å². The van der Waals surface area contributed by atoms with Crippen LogP contribution in [0.1, 0.15) is 33.1 Å².